The van der Waals surface area contributed by atoms with Crippen LogP contribution in [0.25, 0.3) is 0 Å². The molecule has 1 rings (SSSR count). The number of hydrogen-bond donors (Lipinski definition) is 2. The Balaban J connectivity index is 2.69. The van der Waals surface area contributed by atoms with Crippen molar-refractivity contribution in [3.63, 3.8) is 0 Å². The summed E-state index contributed by atoms with van der Waals surface area (Å²) in [6.07, 6.45) is 0.859. The standard InChI is InChI=1S/C12H14ClN3O/c1-3-8(2)15-12(17)16-10-4-5-11(13)9(6-10)7-14/h4-6,8H,3H2,1-2H3,(H2,15,16,17)/t8-/m0/s1. The van der Waals surface area contributed by atoms with Crippen molar-refractivity contribution in [1.82, 2.24) is 5.32 Å². The Labute approximate surface area is 106 Å². The van der Waals surface area contributed by atoms with Gasteiger partial charge in [-0.05, 0) is 31.5 Å². The average Bonchev–Trinajstić information content (AvgIpc) is 2.31. The van der Waals surface area contributed by atoms with E-state index in [-0.39, 0.29) is 12.1 Å². The molecule has 1 atom stereocenters. The van der Waals surface area contributed by atoms with Crippen LogP contribution in [0.15, 0.2) is 18.2 Å². The minimum Gasteiger partial charge on any atom is -0.335 e. The molecule has 90 valence electrons. The molecule has 0 spiro atoms. The fraction of sp³-hybridized carbons (Fsp3) is 0.333. The minimum atomic E-state index is -0.287. The summed E-state index contributed by atoms with van der Waals surface area (Å²) in [5.74, 6) is 0. The largest absolute Gasteiger partial charge is 0.335 e. The number of nitrogens with zero attached hydrogens (tertiary/aromatic N) is 1. The zero-order chi connectivity index (χ0) is 12.8. The third-order valence-electron chi connectivity index (χ3n) is 2.33. The first-order valence-electron chi connectivity index (χ1n) is 5.34. The van der Waals surface area contributed by atoms with Crippen molar-refractivity contribution in [3.05, 3.63) is 28.8 Å². The molecule has 0 aliphatic rings. The Hall–Kier alpha value is -1.73. The maximum absolute atomic E-state index is 11.5. The number of hydrogen-bond acceptors (Lipinski definition) is 2. The lowest BCUT2D eigenvalue weighted by Crippen LogP contribution is -2.35. The van der Waals surface area contributed by atoms with Crippen LogP contribution >= 0.6 is 11.6 Å². The predicted molar refractivity (Wildman–Crippen MR) is 68.1 cm³/mol. The highest BCUT2D eigenvalue weighted by Gasteiger charge is 2.07. The van der Waals surface area contributed by atoms with Gasteiger partial charge in [0, 0.05) is 11.7 Å². The van der Waals surface area contributed by atoms with E-state index in [0.717, 1.165) is 6.42 Å². The lowest BCUT2D eigenvalue weighted by molar-refractivity contribution is 0.249. The highest BCUT2D eigenvalue weighted by Crippen LogP contribution is 2.19. The summed E-state index contributed by atoms with van der Waals surface area (Å²) in [6, 6.07) is 6.55. The van der Waals surface area contributed by atoms with E-state index < -0.39 is 0 Å². The first-order chi connectivity index (χ1) is 8.06. The fourth-order valence-electron chi connectivity index (χ4n) is 1.18. The fourth-order valence-corrected chi connectivity index (χ4v) is 1.34. The molecule has 0 radical (unpaired) electrons. The van der Waals surface area contributed by atoms with Gasteiger partial charge in [0.15, 0.2) is 0 Å². The first-order valence-corrected chi connectivity index (χ1v) is 5.71. The number of carbonyl (C=O) groups is 1. The van der Waals surface area contributed by atoms with Crippen LogP contribution < -0.4 is 10.6 Å². The summed E-state index contributed by atoms with van der Waals surface area (Å²) in [5, 5.41) is 14.6. The molecule has 4 nitrogen and oxygen atoms in total. The van der Waals surface area contributed by atoms with Crippen LogP contribution in [0.1, 0.15) is 25.8 Å². The molecular formula is C12H14ClN3O. The summed E-state index contributed by atoms with van der Waals surface area (Å²) in [6.45, 7) is 3.91. The molecule has 2 N–H and O–H groups in total. The van der Waals surface area contributed by atoms with Crippen molar-refractivity contribution in [2.24, 2.45) is 0 Å². The number of nitrogens with one attached hydrogen (secondary N) is 2. The smallest absolute Gasteiger partial charge is 0.319 e. The Bertz CT molecular complexity index is 454. The molecule has 0 aliphatic heterocycles. The molecule has 0 saturated heterocycles. The summed E-state index contributed by atoms with van der Waals surface area (Å²) in [4.78, 5) is 11.5. The van der Waals surface area contributed by atoms with Crippen LogP contribution in [0.2, 0.25) is 5.02 Å². The molecular weight excluding hydrogens is 238 g/mol. The molecule has 0 unspecified atom stereocenters. The van der Waals surface area contributed by atoms with Gasteiger partial charge < -0.3 is 10.6 Å². The van der Waals surface area contributed by atoms with Gasteiger partial charge >= 0.3 is 6.03 Å². The van der Waals surface area contributed by atoms with Gasteiger partial charge in [0.1, 0.15) is 6.07 Å². The second kappa shape index (κ2) is 6.12. The molecule has 0 aliphatic carbocycles. The van der Waals surface area contributed by atoms with Gasteiger partial charge in [-0.2, -0.15) is 5.26 Å². The van der Waals surface area contributed by atoms with Gasteiger partial charge in [-0.25, -0.2) is 4.79 Å². The van der Waals surface area contributed by atoms with E-state index >= 15 is 0 Å². The highest BCUT2D eigenvalue weighted by molar-refractivity contribution is 6.31. The second-order valence-electron chi connectivity index (χ2n) is 3.71. The van der Waals surface area contributed by atoms with Crippen molar-refractivity contribution in [2.45, 2.75) is 26.3 Å². The van der Waals surface area contributed by atoms with Gasteiger partial charge in [0.25, 0.3) is 0 Å². The molecule has 2 amide bonds. The molecule has 0 saturated carbocycles. The highest BCUT2D eigenvalue weighted by atomic mass is 35.5. The molecule has 0 heterocycles. The van der Waals surface area contributed by atoms with Crippen molar-refractivity contribution in [1.29, 1.82) is 5.26 Å². The summed E-state index contributed by atoms with van der Waals surface area (Å²) < 4.78 is 0. The average molecular weight is 252 g/mol. The maximum atomic E-state index is 11.5. The second-order valence-corrected chi connectivity index (χ2v) is 4.12. The Kier molecular flexibility index (Phi) is 4.80. The van der Waals surface area contributed by atoms with E-state index in [1.54, 1.807) is 18.2 Å². The number of carbonyl (C=O) groups excluding carboxylic acids is 1. The number of urea groups is 1. The van der Waals surface area contributed by atoms with Gasteiger partial charge in [-0.3, -0.25) is 0 Å². The number of rotatable bonds is 3. The molecule has 1 aromatic carbocycles. The molecule has 0 aromatic heterocycles. The maximum Gasteiger partial charge on any atom is 0.319 e. The van der Waals surface area contributed by atoms with Crippen molar-refractivity contribution in [3.8, 4) is 6.07 Å². The topological polar surface area (TPSA) is 64.9 Å². The Morgan fingerprint density at radius 1 is 1.59 bits per heavy atom. The third-order valence-corrected chi connectivity index (χ3v) is 2.66. The number of nitriles is 1. The normalized spacial score (nSPS) is 11.4. The zero-order valence-electron chi connectivity index (χ0n) is 9.75. The van der Waals surface area contributed by atoms with E-state index in [9.17, 15) is 4.79 Å². The van der Waals surface area contributed by atoms with E-state index in [1.807, 2.05) is 19.9 Å². The molecule has 1 aromatic rings. The molecule has 5 heteroatoms. The summed E-state index contributed by atoms with van der Waals surface area (Å²) >= 11 is 5.79. The summed E-state index contributed by atoms with van der Waals surface area (Å²) in [7, 11) is 0. The van der Waals surface area contributed by atoms with Crippen molar-refractivity contribution >= 4 is 23.3 Å². The first kappa shape index (κ1) is 13.3. The van der Waals surface area contributed by atoms with Crippen LogP contribution in [-0.4, -0.2) is 12.1 Å². The van der Waals surface area contributed by atoms with Gasteiger partial charge in [-0.15, -0.1) is 0 Å². The molecule has 0 fully saturated rings. The Morgan fingerprint density at radius 2 is 2.29 bits per heavy atom. The molecule has 0 bridgehead atoms. The van der Waals surface area contributed by atoms with Crippen LogP contribution in [0.4, 0.5) is 10.5 Å². The number of benzene rings is 1. The van der Waals surface area contributed by atoms with Crippen LogP contribution in [0.3, 0.4) is 0 Å². The molecule has 17 heavy (non-hydrogen) atoms. The van der Waals surface area contributed by atoms with Gasteiger partial charge in [-0.1, -0.05) is 18.5 Å². The van der Waals surface area contributed by atoms with Crippen molar-refractivity contribution < 1.29 is 4.79 Å². The van der Waals surface area contributed by atoms with E-state index in [4.69, 9.17) is 16.9 Å². The quantitative estimate of drug-likeness (QED) is 0.867. The van der Waals surface area contributed by atoms with Crippen molar-refractivity contribution in [2.75, 3.05) is 5.32 Å². The monoisotopic (exact) mass is 251 g/mol. The number of halogens is 1. The zero-order valence-corrected chi connectivity index (χ0v) is 10.5. The number of amides is 2. The minimum absolute atomic E-state index is 0.109. The van der Waals surface area contributed by atoms with E-state index in [1.165, 1.54) is 0 Å². The lowest BCUT2D eigenvalue weighted by atomic mass is 10.2. The van der Waals surface area contributed by atoms with Gasteiger partial charge in [0.05, 0.1) is 10.6 Å². The van der Waals surface area contributed by atoms with Crippen LogP contribution in [-0.2, 0) is 0 Å². The third kappa shape index (κ3) is 3.97. The van der Waals surface area contributed by atoms with Crippen LogP contribution in [0, 0.1) is 11.3 Å². The summed E-state index contributed by atoms with van der Waals surface area (Å²) in [5.41, 5.74) is 0.889. The van der Waals surface area contributed by atoms with Gasteiger partial charge in [0.2, 0.25) is 0 Å². The predicted octanol–water partition coefficient (Wildman–Crippen LogP) is 3.13. The SMILES string of the molecule is CC[C@H](C)NC(=O)Nc1ccc(Cl)c(C#N)c1. The Morgan fingerprint density at radius 3 is 2.88 bits per heavy atom. The number of anilines is 1. The van der Waals surface area contributed by atoms with E-state index in [2.05, 4.69) is 10.6 Å². The lowest BCUT2D eigenvalue weighted by Gasteiger charge is -2.12. The van der Waals surface area contributed by atoms with Crippen LogP contribution in [0.5, 0.6) is 0 Å². The van der Waals surface area contributed by atoms with E-state index in [0.29, 0.717) is 16.3 Å².